The van der Waals surface area contributed by atoms with Crippen LogP contribution in [-0.4, -0.2) is 34.9 Å². The fraction of sp³-hybridized carbons (Fsp3) is 0.348. The molecule has 2 amide bonds. The number of non-ortho nitro benzene ring substituents is 1. The van der Waals surface area contributed by atoms with Crippen LogP contribution in [-0.2, 0) is 20.9 Å². The highest BCUT2D eigenvalue weighted by Crippen LogP contribution is 2.23. The molecule has 0 aliphatic heterocycles. The first-order chi connectivity index (χ1) is 15.5. The van der Waals surface area contributed by atoms with Gasteiger partial charge in [0.2, 0.25) is 0 Å². The summed E-state index contributed by atoms with van der Waals surface area (Å²) in [5.74, 6) is -2.31. The molecule has 0 aromatic heterocycles. The van der Waals surface area contributed by atoms with E-state index in [1.54, 1.807) is 13.8 Å². The summed E-state index contributed by atoms with van der Waals surface area (Å²) in [6.07, 6.45) is -1.08. The van der Waals surface area contributed by atoms with E-state index in [0.29, 0.717) is 0 Å². The lowest BCUT2D eigenvalue weighted by molar-refractivity contribution is -0.384. The van der Waals surface area contributed by atoms with Crippen molar-refractivity contribution in [2.24, 2.45) is 5.92 Å². The van der Waals surface area contributed by atoms with Crippen LogP contribution in [0, 0.1) is 23.0 Å². The number of nitrogens with zero attached hydrogens (tertiary/aromatic N) is 1. The quantitative estimate of drug-likeness (QED) is 0.324. The second-order valence-corrected chi connectivity index (χ2v) is 8.31. The van der Waals surface area contributed by atoms with Crippen molar-refractivity contribution in [2.75, 3.05) is 0 Å². The van der Waals surface area contributed by atoms with E-state index in [0.717, 1.165) is 23.3 Å². The van der Waals surface area contributed by atoms with Crippen LogP contribution in [0.5, 0.6) is 0 Å². The van der Waals surface area contributed by atoms with E-state index in [2.05, 4.69) is 10.6 Å². The Bertz CT molecular complexity index is 1040. The lowest BCUT2D eigenvalue weighted by Crippen LogP contribution is -2.47. The molecule has 0 bridgehead atoms. The number of benzene rings is 2. The number of esters is 1. The van der Waals surface area contributed by atoms with Gasteiger partial charge in [0.25, 0.3) is 17.5 Å². The van der Waals surface area contributed by atoms with Crippen molar-refractivity contribution in [1.29, 1.82) is 0 Å². The van der Waals surface area contributed by atoms with Crippen molar-refractivity contribution in [3.8, 4) is 0 Å². The molecule has 9 nitrogen and oxygen atoms in total. The molecule has 0 heterocycles. The third kappa shape index (κ3) is 7.28. The fourth-order valence-electron chi connectivity index (χ4n) is 2.86. The first-order valence-corrected chi connectivity index (χ1v) is 10.7. The van der Waals surface area contributed by atoms with Gasteiger partial charge < -0.3 is 15.4 Å². The zero-order valence-corrected chi connectivity index (χ0v) is 19.5. The van der Waals surface area contributed by atoms with Crippen LogP contribution in [0.3, 0.4) is 0 Å². The minimum atomic E-state index is -1.08. The largest absolute Gasteiger partial charge is 0.451 e. The molecule has 33 heavy (non-hydrogen) atoms. The molecule has 0 saturated carbocycles. The number of nitro benzene ring substituents is 1. The SMILES string of the molecule is Cc1ccc(CNC(=O)C(C)OC(=O)[C@@H](NC(=O)c2ccc([N+](=O)[O-])cc2Cl)C(C)C)cc1. The van der Waals surface area contributed by atoms with Crippen LogP contribution in [0.1, 0.15) is 42.3 Å². The number of hydrogen-bond acceptors (Lipinski definition) is 6. The molecule has 176 valence electrons. The Kier molecular flexibility index (Phi) is 8.93. The Morgan fingerprint density at radius 1 is 1.09 bits per heavy atom. The average molecular weight is 476 g/mol. The summed E-state index contributed by atoms with van der Waals surface area (Å²) in [4.78, 5) is 47.8. The van der Waals surface area contributed by atoms with Crippen molar-refractivity contribution in [2.45, 2.75) is 46.4 Å². The van der Waals surface area contributed by atoms with Crippen LogP contribution >= 0.6 is 11.6 Å². The Hall–Kier alpha value is -3.46. The van der Waals surface area contributed by atoms with Crippen molar-refractivity contribution in [3.05, 3.63) is 74.3 Å². The number of carbonyl (C=O) groups is 3. The maximum Gasteiger partial charge on any atom is 0.329 e. The first kappa shape index (κ1) is 25.8. The molecule has 2 aromatic carbocycles. The number of nitrogens with one attached hydrogen (secondary N) is 2. The fourth-order valence-corrected chi connectivity index (χ4v) is 3.12. The van der Waals surface area contributed by atoms with Crippen LogP contribution in [0.15, 0.2) is 42.5 Å². The minimum absolute atomic E-state index is 0.0235. The summed E-state index contributed by atoms with van der Waals surface area (Å²) in [5, 5.41) is 16.0. The normalized spacial score (nSPS) is 12.5. The topological polar surface area (TPSA) is 128 Å². The maximum absolute atomic E-state index is 12.7. The summed E-state index contributed by atoms with van der Waals surface area (Å²) in [6.45, 7) is 7.08. The molecule has 0 aliphatic rings. The van der Waals surface area contributed by atoms with Crippen LogP contribution in [0.2, 0.25) is 5.02 Å². The van der Waals surface area contributed by atoms with Gasteiger partial charge in [0, 0.05) is 18.7 Å². The number of carbonyl (C=O) groups excluding carboxylic acids is 3. The van der Waals surface area contributed by atoms with Gasteiger partial charge in [-0.2, -0.15) is 0 Å². The molecule has 2 rings (SSSR count). The van der Waals surface area contributed by atoms with Gasteiger partial charge in [-0.1, -0.05) is 55.3 Å². The molecule has 0 saturated heterocycles. The predicted molar refractivity (Wildman–Crippen MR) is 123 cm³/mol. The van der Waals surface area contributed by atoms with Gasteiger partial charge in [-0.15, -0.1) is 0 Å². The van der Waals surface area contributed by atoms with E-state index in [-0.39, 0.29) is 28.7 Å². The molecular formula is C23H26ClN3O6. The number of amides is 2. The second kappa shape index (κ2) is 11.4. The summed E-state index contributed by atoms with van der Waals surface area (Å²) >= 11 is 6.00. The zero-order valence-electron chi connectivity index (χ0n) is 18.8. The van der Waals surface area contributed by atoms with E-state index in [4.69, 9.17) is 16.3 Å². The standard InChI is InChI=1S/C23H26ClN3O6/c1-13(2)20(26-22(29)18-10-9-17(27(31)32)11-19(18)24)23(30)33-15(4)21(28)25-12-16-7-5-14(3)6-8-16/h5-11,13,15,20H,12H2,1-4H3,(H,25,28)(H,26,29)/t15?,20-/m0/s1. The number of hydrogen-bond donors (Lipinski definition) is 2. The molecule has 10 heteroatoms. The van der Waals surface area contributed by atoms with E-state index in [9.17, 15) is 24.5 Å². The highest BCUT2D eigenvalue weighted by atomic mass is 35.5. The van der Waals surface area contributed by atoms with Gasteiger partial charge in [0.1, 0.15) is 6.04 Å². The summed E-state index contributed by atoms with van der Waals surface area (Å²) in [5.41, 5.74) is 1.72. The molecule has 2 atom stereocenters. The van der Waals surface area contributed by atoms with Crippen molar-refractivity contribution in [3.63, 3.8) is 0 Å². The van der Waals surface area contributed by atoms with Gasteiger partial charge >= 0.3 is 5.97 Å². The summed E-state index contributed by atoms with van der Waals surface area (Å²) < 4.78 is 5.27. The first-order valence-electron chi connectivity index (χ1n) is 10.3. The Balaban J connectivity index is 1.99. The van der Waals surface area contributed by atoms with E-state index in [1.165, 1.54) is 13.0 Å². The van der Waals surface area contributed by atoms with Crippen LogP contribution in [0.25, 0.3) is 0 Å². The summed E-state index contributed by atoms with van der Waals surface area (Å²) in [7, 11) is 0. The molecule has 0 spiro atoms. The zero-order chi connectivity index (χ0) is 24.7. The van der Waals surface area contributed by atoms with E-state index < -0.39 is 34.9 Å². The van der Waals surface area contributed by atoms with Crippen LogP contribution < -0.4 is 10.6 Å². The summed E-state index contributed by atoms with van der Waals surface area (Å²) in [6, 6.07) is 9.98. The average Bonchev–Trinajstić information content (AvgIpc) is 2.76. The van der Waals surface area contributed by atoms with Gasteiger partial charge in [-0.3, -0.25) is 19.7 Å². The predicted octanol–water partition coefficient (Wildman–Crippen LogP) is 3.56. The lowest BCUT2D eigenvalue weighted by Gasteiger charge is -2.23. The van der Waals surface area contributed by atoms with Gasteiger partial charge in [-0.05, 0) is 31.4 Å². The molecule has 2 N–H and O–H groups in total. The smallest absolute Gasteiger partial charge is 0.329 e. The Morgan fingerprint density at radius 3 is 2.27 bits per heavy atom. The minimum Gasteiger partial charge on any atom is -0.451 e. The highest BCUT2D eigenvalue weighted by molar-refractivity contribution is 6.34. The monoisotopic (exact) mass is 475 g/mol. The van der Waals surface area contributed by atoms with Gasteiger partial charge in [0.15, 0.2) is 6.10 Å². The molecule has 0 aliphatic carbocycles. The number of nitro groups is 1. The van der Waals surface area contributed by atoms with E-state index >= 15 is 0 Å². The van der Waals surface area contributed by atoms with Crippen LogP contribution in [0.4, 0.5) is 5.69 Å². The molecule has 0 radical (unpaired) electrons. The second-order valence-electron chi connectivity index (χ2n) is 7.90. The van der Waals surface area contributed by atoms with Crippen molar-refractivity contribution >= 4 is 35.1 Å². The lowest BCUT2D eigenvalue weighted by atomic mass is 10.0. The number of aryl methyl sites for hydroxylation is 1. The molecule has 1 unspecified atom stereocenters. The molecule has 0 fully saturated rings. The molecule has 2 aromatic rings. The van der Waals surface area contributed by atoms with Crippen molar-refractivity contribution < 1.29 is 24.0 Å². The molecular weight excluding hydrogens is 450 g/mol. The third-order valence-electron chi connectivity index (χ3n) is 4.86. The number of halogens is 1. The highest BCUT2D eigenvalue weighted by Gasteiger charge is 2.30. The van der Waals surface area contributed by atoms with Gasteiger partial charge in [-0.25, -0.2) is 4.79 Å². The number of rotatable bonds is 9. The Labute approximate surface area is 196 Å². The third-order valence-corrected chi connectivity index (χ3v) is 5.18. The Morgan fingerprint density at radius 2 is 1.73 bits per heavy atom. The van der Waals surface area contributed by atoms with Crippen molar-refractivity contribution in [1.82, 2.24) is 10.6 Å². The maximum atomic E-state index is 12.7. The van der Waals surface area contributed by atoms with Gasteiger partial charge in [0.05, 0.1) is 15.5 Å². The number of ether oxygens (including phenoxy) is 1. The van der Waals surface area contributed by atoms with E-state index in [1.807, 2.05) is 31.2 Å².